The standard InChI is InChI=1S/C22H36IO4P/c1-2-3-4-5-8-11-17(24)14-15-19-18-12-9-6-7-10-13-22(25)26-20(18)16-21(19)27-28-23/h6,9,18-21,28H,2-5,7-8,10-16H2,1H3/b9-6-/t18-,19-,20+,21-/m1/s1. The van der Waals surface area contributed by atoms with Crippen molar-refractivity contribution < 1.29 is 18.8 Å². The zero-order valence-electron chi connectivity index (χ0n) is 17.2. The quantitative estimate of drug-likeness (QED) is 0.0996. The van der Waals surface area contributed by atoms with E-state index in [-0.39, 0.29) is 24.1 Å². The molecule has 1 aliphatic carbocycles. The van der Waals surface area contributed by atoms with Gasteiger partial charge in [0.05, 0.1) is 12.6 Å². The van der Waals surface area contributed by atoms with Gasteiger partial charge in [-0.25, -0.2) is 0 Å². The summed E-state index contributed by atoms with van der Waals surface area (Å²) in [6.07, 6.45) is 16.6. The molecule has 4 nitrogen and oxygen atoms in total. The maximum atomic E-state index is 12.4. The van der Waals surface area contributed by atoms with Gasteiger partial charge in [0, 0.05) is 31.6 Å². The van der Waals surface area contributed by atoms with Crippen LogP contribution in [0.4, 0.5) is 0 Å². The predicted octanol–water partition coefficient (Wildman–Crippen LogP) is 6.70. The number of halogens is 1. The SMILES string of the molecule is CCCCCCCC(=O)CC[C@@H]1[C@H]2C/C=C\CCCC(=O)O[C@H]2C[C@H]1OPI. The van der Waals surface area contributed by atoms with Crippen molar-refractivity contribution in [1.29, 1.82) is 0 Å². The second-order valence-electron chi connectivity index (χ2n) is 8.17. The van der Waals surface area contributed by atoms with Crippen molar-refractivity contribution in [1.82, 2.24) is 0 Å². The van der Waals surface area contributed by atoms with E-state index in [1.807, 2.05) is 0 Å². The first kappa shape index (κ1) is 24.3. The molecule has 1 aliphatic heterocycles. The van der Waals surface area contributed by atoms with Gasteiger partial charge in [-0.15, -0.1) is 0 Å². The van der Waals surface area contributed by atoms with Crippen molar-refractivity contribution in [2.24, 2.45) is 11.8 Å². The summed E-state index contributed by atoms with van der Waals surface area (Å²) in [4.78, 5) is 24.5. The van der Waals surface area contributed by atoms with Gasteiger partial charge < -0.3 is 9.26 Å². The first-order valence-corrected chi connectivity index (χ1v) is 15.0. The van der Waals surface area contributed by atoms with Gasteiger partial charge in [-0.2, -0.15) is 0 Å². The Bertz CT molecular complexity index is 511. The maximum Gasteiger partial charge on any atom is 0.306 e. The minimum absolute atomic E-state index is 0.0675. The molecule has 1 saturated carbocycles. The van der Waals surface area contributed by atoms with Crippen LogP contribution in [0.3, 0.4) is 0 Å². The molecule has 1 unspecified atom stereocenters. The van der Waals surface area contributed by atoms with Crippen LogP contribution in [-0.2, 0) is 18.8 Å². The van der Waals surface area contributed by atoms with E-state index >= 15 is 0 Å². The van der Waals surface area contributed by atoms with Gasteiger partial charge in [0.15, 0.2) is 0 Å². The van der Waals surface area contributed by atoms with Crippen LogP contribution in [-0.4, -0.2) is 24.0 Å². The van der Waals surface area contributed by atoms with Gasteiger partial charge in [0.2, 0.25) is 0 Å². The summed E-state index contributed by atoms with van der Waals surface area (Å²) in [7, 11) is 0. The second kappa shape index (κ2) is 14.1. The van der Waals surface area contributed by atoms with E-state index in [4.69, 9.17) is 9.26 Å². The molecule has 6 heteroatoms. The lowest BCUT2D eigenvalue weighted by molar-refractivity contribution is -0.151. The van der Waals surface area contributed by atoms with E-state index < -0.39 is 0 Å². The first-order chi connectivity index (χ1) is 13.7. The molecule has 2 aliphatic rings. The van der Waals surface area contributed by atoms with Gasteiger partial charge in [-0.05, 0) is 60.1 Å². The minimum atomic E-state index is -0.0789. The summed E-state index contributed by atoms with van der Waals surface area (Å²) < 4.78 is 11.9. The average Bonchev–Trinajstić information content (AvgIpc) is 2.99. The molecule has 0 saturated heterocycles. The van der Waals surface area contributed by atoms with E-state index in [1.165, 1.54) is 19.3 Å². The molecule has 28 heavy (non-hydrogen) atoms. The monoisotopic (exact) mass is 522 g/mol. The second-order valence-corrected chi connectivity index (χ2v) is 9.88. The third-order valence-corrected chi connectivity index (χ3v) is 7.25. The molecule has 160 valence electrons. The zero-order chi connectivity index (χ0) is 20.2. The van der Waals surface area contributed by atoms with Crippen molar-refractivity contribution in [3.8, 4) is 0 Å². The van der Waals surface area contributed by atoms with Crippen LogP contribution in [0.25, 0.3) is 0 Å². The zero-order valence-corrected chi connectivity index (χ0v) is 20.3. The fraction of sp³-hybridized carbons (Fsp3) is 0.818. The Morgan fingerprint density at radius 1 is 1.25 bits per heavy atom. The number of esters is 1. The van der Waals surface area contributed by atoms with E-state index in [0.717, 1.165) is 44.9 Å². The predicted molar refractivity (Wildman–Crippen MR) is 124 cm³/mol. The normalized spacial score (nSPS) is 29.6. The molecule has 1 fully saturated rings. The van der Waals surface area contributed by atoms with Gasteiger partial charge >= 0.3 is 5.97 Å². The fourth-order valence-electron chi connectivity index (χ4n) is 4.53. The lowest BCUT2D eigenvalue weighted by atomic mass is 9.85. The molecule has 0 N–H and O–H groups in total. The smallest absolute Gasteiger partial charge is 0.306 e. The van der Waals surface area contributed by atoms with Crippen LogP contribution in [0.1, 0.15) is 90.4 Å². The van der Waals surface area contributed by atoms with Crippen LogP contribution in [0.15, 0.2) is 12.2 Å². The summed E-state index contributed by atoms with van der Waals surface area (Å²) >= 11 is 2.26. The van der Waals surface area contributed by atoms with Crippen molar-refractivity contribution in [2.45, 2.75) is 103 Å². The molecule has 0 bridgehead atoms. The Balaban J connectivity index is 1.91. The lowest BCUT2D eigenvalue weighted by Gasteiger charge is -2.26. The Kier molecular flexibility index (Phi) is 12.2. The van der Waals surface area contributed by atoms with E-state index in [0.29, 0.717) is 37.4 Å². The van der Waals surface area contributed by atoms with E-state index in [9.17, 15) is 9.59 Å². The molecule has 0 aromatic rings. The Morgan fingerprint density at radius 2 is 2.07 bits per heavy atom. The first-order valence-electron chi connectivity index (χ1n) is 11.0. The van der Waals surface area contributed by atoms with Crippen molar-refractivity contribution >= 4 is 40.2 Å². The number of carbonyl (C=O) groups is 2. The van der Waals surface area contributed by atoms with E-state index in [2.05, 4.69) is 41.1 Å². The van der Waals surface area contributed by atoms with Crippen LogP contribution in [0.2, 0.25) is 0 Å². The Morgan fingerprint density at radius 3 is 2.86 bits per heavy atom. The summed E-state index contributed by atoms with van der Waals surface area (Å²) in [6.45, 7) is 2.60. The summed E-state index contributed by atoms with van der Waals surface area (Å²) in [6, 6.07) is 0. The lowest BCUT2D eigenvalue weighted by Crippen LogP contribution is -2.26. The molecule has 5 atom stereocenters. The Hall–Kier alpha value is -0.000000000000000222. The molecule has 0 spiro atoms. The summed E-state index contributed by atoms with van der Waals surface area (Å²) in [5.74, 6) is 0.870. The van der Waals surface area contributed by atoms with Gasteiger partial charge in [-0.3, -0.25) is 9.59 Å². The number of allylic oxidation sites excluding steroid dienone is 2. The third-order valence-electron chi connectivity index (χ3n) is 6.09. The van der Waals surface area contributed by atoms with E-state index in [1.54, 1.807) is 0 Å². The number of fused-ring (bicyclic) bond motifs is 1. The Labute approximate surface area is 185 Å². The summed E-state index contributed by atoms with van der Waals surface area (Å²) in [5.41, 5.74) is 0. The molecule has 0 radical (unpaired) electrons. The van der Waals surface area contributed by atoms with Gasteiger partial charge in [-0.1, -0.05) is 44.8 Å². The van der Waals surface area contributed by atoms with Crippen molar-refractivity contribution in [3.05, 3.63) is 12.2 Å². The highest BCUT2D eigenvalue weighted by molar-refractivity contribution is 14.2. The van der Waals surface area contributed by atoms with Crippen LogP contribution >= 0.6 is 28.5 Å². The third kappa shape index (κ3) is 8.39. The number of ether oxygens (including phenoxy) is 1. The summed E-state index contributed by atoms with van der Waals surface area (Å²) in [5, 5.41) is 0. The number of hydrogen-bond donors (Lipinski definition) is 0. The fourth-order valence-corrected chi connectivity index (χ4v) is 5.89. The van der Waals surface area contributed by atoms with Crippen LogP contribution in [0, 0.1) is 11.8 Å². The highest BCUT2D eigenvalue weighted by atomic mass is 127. The van der Waals surface area contributed by atoms with Crippen LogP contribution in [0.5, 0.6) is 0 Å². The topological polar surface area (TPSA) is 52.6 Å². The van der Waals surface area contributed by atoms with Crippen LogP contribution < -0.4 is 0 Å². The molecule has 2 rings (SSSR count). The number of hydrogen-bond acceptors (Lipinski definition) is 4. The molecule has 0 amide bonds. The highest BCUT2D eigenvalue weighted by Gasteiger charge is 2.45. The molecule has 0 aromatic carbocycles. The number of ketones is 1. The molecular weight excluding hydrogens is 486 g/mol. The number of rotatable bonds is 11. The van der Waals surface area contributed by atoms with Crippen molar-refractivity contribution in [2.75, 3.05) is 0 Å². The van der Waals surface area contributed by atoms with Gasteiger partial charge in [0.1, 0.15) is 11.9 Å². The number of Topliss-reactive ketones (excluding diaryl/α,β-unsaturated/α-hetero) is 1. The highest BCUT2D eigenvalue weighted by Crippen LogP contribution is 2.45. The van der Waals surface area contributed by atoms with Crippen molar-refractivity contribution in [3.63, 3.8) is 0 Å². The largest absolute Gasteiger partial charge is 0.462 e. The molecule has 0 aromatic heterocycles. The maximum absolute atomic E-state index is 12.4. The van der Waals surface area contributed by atoms with Gasteiger partial charge in [0.25, 0.3) is 0 Å². The average molecular weight is 522 g/mol. The molecular formula is C22H36IO4P. The number of unbranched alkanes of at least 4 members (excludes halogenated alkanes) is 4. The molecule has 1 heterocycles. The number of carbonyl (C=O) groups excluding carboxylic acids is 2. The minimum Gasteiger partial charge on any atom is -0.462 e.